The summed E-state index contributed by atoms with van der Waals surface area (Å²) in [5, 5.41) is 9.19. The van der Waals surface area contributed by atoms with Crippen LogP contribution in [0.1, 0.15) is 17.2 Å². The van der Waals surface area contributed by atoms with Gasteiger partial charge in [0.05, 0.1) is 12.3 Å². The first kappa shape index (κ1) is 15.0. The van der Waals surface area contributed by atoms with Gasteiger partial charge >= 0.3 is 0 Å². The van der Waals surface area contributed by atoms with Crippen molar-refractivity contribution in [2.24, 2.45) is 0 Å². The Morgan fingerprint density at radius 3 is 2.73 bits per heavy atom. The van der Waals surface area contributed by atoms with Gasteiger partial charge < -0.3 is 9.64 Å². The SMILES string of the molecule is N#Cc1c(F)cccc1N1CCOC(c2ccc(Br)cc2)C1. The van der Waals surface area contributed by atoms with Gasteiger partial charge in [-0.25, -0.2) is 4.39 Å². The molecule has 1 heterocycles. The van der Waals surface area contributed by atoms with Crippen molar-refractivity contribution in [2.45, 2.75) is 6.10 Å². The first-order chi connectivity index (χ1) is 10.7. The van der Waals surface area contributed by atoms with Gasteiger partial charge in [0.2, 0.25) is 0 Å². The molecule has 3 rings (SSSR count). The number of anilines is 1. The van der Waals surface area contributed by atoms with E-state index in [-0.39, 0.29) is 11.7 Å². The Kier molecular flexibility index (Phi) is 4.41. The molecule has 1 aliphatic rings. The van der Waals surface area contributed by atoms with E-state index in [4.69, 9.17) is 4.74 Å². The predicted octanol–water partition coefficient (Wildman–Crippen LogP) is 4.04. The first-order valence-corrected chi connectivity index (χ1v) is 7.79. The molecule has 5 heteroatoms. The molecule has 0 radical (unpaired) electrons. The van der Waals surface area contributed by atoms with Gasteiger partial charge in [0.25, 0.3) is 0 Å². The van der Waals surface area contributed by atoms with Gasteiger partial charge in [-0.15, -0.1) is 0 Å². The molecule has 0 amide bonds. The fourth-order valence-electron chi connectivity index (χ4n) is 2.63. The van der Waals surface area contributed by atoms with Crippen LogP contribution in [0, 0.1) is 17.1 Å². The van der Waals surface area contributed by atoms with E-state index in [9.17, 15) is 9.65 Å². The molecule has 0 aromatic heterocycles. The van der Waals surface area contributed by atoms with Gasteiger partial charge in [-0.05, 0) is 29.8 Å². The number of halogens is 2. The number of nitriles is 1. The summed E-state index contributed by atoms with van der Waals surface area (Å²) < 4.78 is 20.6. The van der Waals surface area contributed by atoms with Crippen LogP contribution < -0.4 is 4.90 Å². The molecule has 2 aromatic carbocycles. The van der Waals surface area contributed by atoms with Crippen LogP contribution in [0.5, 0.6) is 0 Å². The maximum Gasteiger partial charge on any atom is 0.143 e. The van der Waals surface area contributed by atoms with Gasteiger partial charge in [0.1, 0.15) is 23.6 Å². The Labute approximate surface area is 137 Å². The predicted molar refractivity (Wildman–Crippen MR) is 86.2 cm³/mol. The minimum atomic E-state index is -0.480. The minimum Gasteiger partial charge on any atom is -0.370 e. The van der Waals surface area contributed by atoms with Crippen LogP contribution in [0.2, 0.25) is 0 Å². The van der Waals surface area contributed by atoms with Crippen molar-refractivity contribution in [1.29, 1.82) is 5.26 Å². The Morgan fingerprint density at radius 2 is 2.00 bits per heavy atom. The maximum atomic E-state index is 13.8. The average molecular weight is 361 g/mol. The largest absolute Gasteiger partial charge is 0.370 e. The van der Waals surface area contributed by atoms with Crippen LogP contribution in [-0.2, 0) is 4.74 Å². The van der Waals surface area contributed by atoms with E-state index in [0.717, 1.165) is 10.0 Å². The van der Waals surface area contributed by atoms with Crippen LogP contribution in [0.15, 0.2) is 46.9 Å². The second-order valence-corrected chi connectivity index (χ2v) is 6.02. The lowest BCUT2D eigenvalue weighted by Crippen LogP contribution is -2.38. The molecule has 0 aliphatic carbocycles. The summed E-state index contributed by atoms with van der Waals surface area (Å²) in [4.78, 5) is 2.01. The smallest absolute Gasteiger partial charge is 0.143 e. The Morgan fingerprint density at radius 1 is 1.23 bits per heavy atom. The third kappa shape index (κ3) is 2.99. The maximum absolute atomic E-state index is 13.8. The zero-order valence-electron chi connectivity index (χ0n) is 11.8. The molecule has 1 fully saturated rings. The summed E-state index contributed by atoms with van der Waals surface area (Å²) in [6.07, 6.45) is -0.0864. The van der Waals surface area contributed by atoms with Gasteiger partial charge in [-0.2, -0.15) is 5.26 Å². The highest BCUT2D eigenvalue weighted by atomic mass is 79.9. The number of ether oxygens (including phenoxy) is 1. The summed E-state index contributed by atoms with van der Waals surface area (Å²) in [6, 6.07) is 14.7. The van der Waals surface area contributed by atoms with Crippen molar-refractivity contribution in [1.82, 2.24) is 0 Å². The molecule has 22 heavy (non-hydrogen) atoms. The lowest BCUT2D eigenvalue weighted by molar-refractivity contribution is 0.0397. The van der Waals surface area contributed by atoms with Crippen LogP contribution in [-0.4, -0.2) is 19.7 Å². The fraction of sp³-hybridized carbons (Fsp3) is 0.235. The van der Waals surface area contributed by atoms with Crippen molar-refractivity contribution < 1.29 is 9.13 Å². The molecule has 1 atom stereocenters. The molecular weight excluding hydrogens is 347 g/mol. The van der Waals surface area contributed by atoms with Gasteiger partial charge in [-0.1, -0.05) is 34.1 Å². The summed E-state index contributed by atoms with van der Waals surface area (Å²) in [7, 11) is 0. The zero-order chi connectivity index (χ0) is 15.5. The Hall–Kier alpha value is -1.90. The lowest BCUT2D eigenvalue weighted by Gasteiger charge is -2.35. The average Bonchev–Trinajstić information content (AvgIpc) is 2.55. The third-order valence-electron chi connectivity index (χ3n) is 3.75. The second kappa shape index (κ2) is 6.47. The quantitative estimate of drug-likeness (QED) is 0.810. The summed E-state index contributed by atoms with van der Waals surface area (Å²) in [5.74, 6) is -0.480. The summed E-state index contributed by atoms with van der Waals surface area (Å²) in [6.45, 7) is 1.78. The van der Waals surface area contributed by atoms with Crippen LogP contribution in [0.4, 0.5) is 10.1 Å². The summed E-state index contributed by atoms with van der Waals surface area (Å²) >= 11 is 3.42. The molecule has 0 saturated carbocycles. The van der Waals surface area contributed by atoms with E-state index >= 15 is 0 Å². The van der Waals surface area contributed by atoms with Crippen LogP contribution >= 0.6 is 15.9 Å². The van der Waals surface area contributed by atoms with E-state index in [1.807, 2.05) is 35.2 Å². The minimum absolute atomic E-state index is 0.0864. The fourth-order valence-corrected chi connectivity index (χ4v) is 2.90. The standard InChI is InChI=1S/C17H14BrFN2O/c18-13-6-4-12(5-7-13)17-11-21(8-9-22-17)16-3-1-2-15(19)14(16)10-20/h1-7,17H,8-9,11H2. The van der Waals surface area contributed by atoms with E-state index in [1.165, 1.54) is 6.07 Å². The van der Waals surface area contributed by atoms with Crippen molar-refractivity contribution in [3.63, 3.8) is 0 Å². The van der Waals surface area contributed by atoms with Crippen molar-refractivity contribution in [2.75, 3.05) is 24.6 Å². The molecule has 0 N–H and O–H groups in total. The van der Waals surface area contributed by atoms with E-state index in [0.29, 0.717) is 25.4 Å². The number of benzene rings is 2. The van der Waals surface area contributed by atoms with Crippen LogP contribution in [0.25, 0.3) is 0 Å². The van der Waals surface area contributed by atoms with Crippen molar-refractivity contribution in [3.8, 4) is 6.07 Å². The molecule has 0 bridgehead atoms. The lowest BCUT2D eigenvalue weighted by atomic mass is 10.1. The Bertz CT molecular complexity index is 712. The van der Waals surface area contributed by atoms with Crippen molar-refractivity contribution in [3.05, 3.63) is 63.9 Å². The van der Waals surface area contributed by atoms with E-state index in [2.05, 4.69) is 15.9 Å². The second-order valence-electron chi connectivity index (χ2n) is 5.10. The molecule has 112 valence electrons. The van der Waals surface area contributed by atoms with E-state index < -0.39 is 5.82 Å². The first-order valence-electron chi connectivity index (χ1n) is 6.99. The third-order valence-corrected chi connectivity index (χ3v) is 4.28. The number of morpholine rings is 1. The van der Waals surface area contributed by atoms with Gasteiger partial charge in [0, 0.05) is 17.6 Å². The zero-order valence-corrected chi connectivity index (χ0v) is 13.4. The highest BCUT2D eigenvalue weighted by Gasteiger charge is 2.24. The van der Waals surface area contributed by atoms with Gasteiger partial charge in [-0.3, -0.25) is 0 Å². The molecular formula is C17H14BrFN2O. The van der Waals surface area contributed by atoms with Crippen LogP contribution in [0.3, 0.4) is 0 Å². The summed E-state index contributed by atoms with van der Waals surface area (Å²) in [5.41, 5.74) is 1.80. The van der Waals surface area contributed by atoms with Crippen molar-refractivity contribution >= 4 is 21.6 Å². The molecule has 1 saturated heterocycles. The number of hydrogen-bond acceptors (Lipinski definition) is 3. The monoisotopic (exact) mass is 360 g/mol. The van der Waals surface area contributed by atoms with E-state index in [1.54, 1.807) is 12.1 Å². The molecule has 2 aromatic rings. The number of rotatable bonds is 2. The highest BCUT2D eigenvalue weighted by Crippen LogP contribution is 2.29. The molecule has 1 unspecified atom stereocenters. The highest BCUT2D eigenvalue weighted by molar-refractivity contribution is 9.10. The normalized spacial score (nSPS) is 18.0. The molecule has 1 aliphatic heterocycles. The Balaban J connectivity index is 1.86. The molecule has 3 nitrogen and oxygen atoms in total. The topological polar surface area (TPSA) is 36.3 Å². The van der Waals surface area contributed by atoms with Gasteiger partial charge in [0.15, 0.2) is 0 Å². The number of hydrogen-bond donors (Lipinski definition) is 0. The number of nitrogens with zero attached hydrogens (tertiary/aromatic N) is 2. The molecule has 0 spiro atoms.